The number of nitrogens with one attached hydrogen (secondary N) is 2. The number of hydrogen-bond acceptors (Lipinski definition) is 6. The highest BCUT2D eigenvalue weighted by atomic mass is 32.2. The molecule has 128 valence electrons. The topological polar surface area (TPSA) is 97.4 Å². The summed E-state index contributed by atoms with van der Waals surface area (Å²) >= 11 is 1.49. The van der Waals surface area contributed by atoms with Gasteiger partial charge in [0, 0.05) is 31.1 Å². The van der Waals surface area contributed by atoms with Crippen LogP contribution < -0.4 is 10.0 Å². The van der Waals surface area contributed by atoms with E-state index in [9.17, 15) is 13.2 Å². The van der Waals surface area contributed by atoms with Crippen LogP contribution in [0.5, 0.6) is 0 Å². The maximum atomic E-state index is 12.4. The number of carbonyl (C=O) groups excluding carboxylic acids is 1. The monoisotopic (exact) mass is 367 g/mol. The summed E-state index contributed by atoms with van der Waals surface area (Å²) in [5.41, 5.74) is 2.21. The molecule has 0 spiro atoms. The number of aromatic nitrogens is 1. The fourth-order valence-corrected chi connectivity index (χ4v) is 4.30. The van der Waals surface area contributed by atoms with Crippen molar-refractivity contribution in [1.82, 2.24) is 9.71 Å². The van der Waals surface area contributed by atoms with Gasteiger partial charge < -0.3 is 10.1 Å². The predicted octanol–water partition coefficient (Wildman–Crippen LogP) is 1.31. The quantitative estimate of drug-likeness (QED) is 0.769. The molecule has 2 heterocycles. The second-order valence-electron chi connectivity index (χ2n) is 5.36. The second kappa shape index (κ2) is 6.98. The first kappa shape index (κ1) is 17.0. The van der Waals surface area contributed by atoms with Crippen molar-refractivity contribution in [3.63, 3.8) is 0 Å². The number of fused-ring (bicyclic) bond motifs is 1. The van der Waals surface area contributed by atoms with Crippen molar-refractivity contribution in [3.8, 4) is 0 Å². The zero-order chi connectivity index (χ0) is 17.2. The lowest BCUT2D eigenvalue weighted by molar-refractivity contribution is -0.115. The molecule has 3 rings (SSSR count). The van der Waals surface area contributed by atoms with Gasteiger partial charge in [0.2, 0.25) is 15.9 Å². The van der Waals surface area contributed by atoms with Gasteiger partial charge >= 0.3 is 0 Å². The first-order chi connectivity index (χ1) is 11.5. The molecule has 1 aliphatic rings. The second-order valence-corrected chi connectivity index (χ2v) is 8.07. The average Bonchev–Trinajstić information content (AvgIpc) is 3.12. The van der Waals surface area contributed by atoms with Crippen LogP contribution in [0.4, 0.5) is 5.69 Å². The summed E-state index contributed by atoms with van der Waals surface area (Å²) in [6.45, 7) is 0.713. The van der Waals surface area contributed by atoms with Gasteiger partial charge in [-0.1, -0.05) is 0 Å². The first-order valence-corrected chi connectivity index (χ1v) is 9.69. The van der Waals surface area contributed by atoms with Crippen LogP contribution in [0.15, 0.2) is 28.5 Å². The highest BCUT2D eigenvalue weighted by molar-refractivity contribution is 7.89. The number of amides is 1. The number of methoxy groups -OCH3 is 1. The van der Waals surface area contributed by atoms with E-state index in [2.05, 4.69) is 15.0 Å². The summed E-state index contributed by atoms with van der Waals surface area (Å²) in [5, 5.41) is 5.45. The molecule has 9 heteroatoms. The molecular weight excluding hydrogens is 350 g/mol. The summed E-state index contributed by atoms with van der Waals surface area (Å²) in [5.74, 6) is -0.122. The van der Waals surface area contributed by atoms with E-state index in [1.807, 2.05) is 5.38 Å². The fraction of sp³-hybridized carbons (Fsp3) is 0.333. The molecule has 1 aliphatic heterocycles. The number of thiazole rings is 1. The van der Waals surface area contributed by atoms with Gasteiger partial charge in [0.1, 0.15) is 5.01 Å². The third-order valence-electron chi connectivity index (χ3n) is 3.55. The highest BCUT2D eigenvalue weighted by Crippen LogP contribution is 2.25. The zero-order valence-electron chi connectivity index (χ0n) is 13.0. The smallest absolute Gasteiger partial charge is 0.240 e. The molecule has 0 fully saturated rings. The van der Waals surface area contributed by atoms with E-state index in [0.29, 0.717) is 24.3 Å². The molecule has 1 aromatic heterocycles. The van der Waals surface area contributed by atoms with Crippen molar-refractivity contribution in [1.29, 1.82) is 0 Å². The maximum Gasteiger partial charge on any atom is 0.240 e. The van der Waals surface area contributed by atoms with Crippen molar-refractivity contribution >= 4 is 33.0 Å². The van der Waals surface area contributed by atoms with Gasteiger partial charge in [-0.15, -0.1) is 11.3 Å². The number of benzene rings is 1. The molecule has 0 unspecified atom stereocenters. The van der Waals surface area contributed by atoms with E-state index in [0.717, 1.165) is 10.7 Å². The van der Waals surface area contributed by atoms with Gasteiger partial charge in [-0.05, 0) is 23.8 Å². The van der Waals surface area contributed by atoms with E-state index in [1.165, 1.54) is 23.5 Å². The number of nitrogens with zero attached hydrogens (tertiary/aromatic N) is 1. The molecule has 0 atom stereocenters. The van der Waals surface area contributed by atoms with Crippen LogP contribution >= 0.6 is 11.3 Å². The van der Waals surface area contributed by atoms with Gasteiger partial charge in [-0.2, -0.15) is 0 Å². The molecule has 0 saturated heterocycles. The van der Waals surface area contributed by atoms with Crippen molar-refractivity contribution in [2.75, 3.05) is 19.0 Å². The number of anilines is 1. The van der Waals surface area contributed by atoms with Gasteiger partial charge in [0.15, 0.2) is 0 Å². The minimum Gasteiger partial charge on any atom is -0.378 e. The zero-order valence-corrected chi connectivity index (χ0v) is 14.7. The predicted molar refractivity (Wildman–Crippen MR) is 90.5 cm³/mol. The van der Waals surface area contributed by atoms with E-state index >= 15 is 0 Å². The normalized spacial score (nSPS) is 13.8. The summed E-state index contributed by atoms with van der Waals surface area (Å²) in [7, 11) is -2.00. The molecule has 0 bridgehead atoms. The largest absolute Gasteiger partial charge is 0.378 e. The molecule has 1 aromatic carbocycles. The molecular formula is C15H17N3O4S2. The van der Waals surface area contributed by atoms with Crippen molar-refractivity contribution in [2.45, 2.75) is 24.3 Å². The standard InChI is InChI=1S/C15H17N3O4S2/c1-22-8-15-17-11(9-23-15)4-5-16-24(20,21)12-2-3-13-10(6-12)7-14(19)18-13/h2-3,6,9,16H,4-5,7-8H2,1H3,(H,18,19). The minimum absolute atomic E-state index is 0.122. The van der Waals surface area contributed by atoms with Crippen LogP contribution in [0.1, 0.15) is 16.3 Å². The van der Waals surface area contributed by atoms with Crippen LogP contribution in [0.25, 0.3) is 0 Å². The number of ether oxygens (including phenoxy) is 1. The molecule has 24 heavy (non-hydrogen) atoms. The van der Waals surface area contributed by atoms with E-state index in [4.69, 9.17) is 4.74 Å². The van der Waals surface area contributed by atoms with Crippen LogP contribution in [0.3, 0.4) is 0 Å². The summed E-state index contributed by atoms with van der Waals surface area (Å²) in [4.78, 5) is 15.9. The van der Waals surface area contributed by atoms with Gasteiger partial charge in [0.05, 0.1) is 23.6 Å². The van der Waals surface area contributed by atoms with Gasteiger partial charge in [0.25, 0.3) is 0 Å². The Morgan fingerprint density at radius 1 is 1.42 bits per heavy atom. The number of hydrogen-bond donors (Lipinski definition) is 2. The highest BCUT2D eigenvalue weighted by Gasteiger charge is 2.21. The molecule has 1 amide bonds. The van der Waals surface area contributed by atoms with Gasteiger partial charge in [-0.25, -0.2) is 18.1 Å². The first-order valence-electron chi connectivity index (χ1n) is 7.32. The summed E-state index contributed by atoms with van der Waals surface area (Å²) in [6.07, 6.45) is 0.713. The van der Waals surface area contributed by atoms with E-state index < -0.39 is 10.0 Å². The van der Waals surface area contributed by atoms with Crippen molar-refractivity contribution in [2.24, 2.45) is 0 Å². The van der Waals surface area contributed by atoms with Gasteiger partial charge in [-0.3, -0.25) is 4.79 Å². The lowest BCUT2D eigenvalue weighted by Gasteiger charge is -2.07. The van der Waals surface area contributed by atoms with Crippen molar-refractivity contribution < 1.29 is 17.9 Å². The van der Waals surface area contributed by atoms with E-state index in [-0.39, 0.29) is 23.8 Å². The molecule has 2 aromatic rings. The fourth-order valence-electron chi connectivity index (χ4n) is 2.42. The third kappa shape index (κ3) is 3.81. The Balaban J connectivity index is 1.62. The molecule has 7 nitrogen and oxygen atoms in total. The Morgan fingerprint density at radius 2 is 2.25 bits per heavy atom. The van der Waals surface area contributed by atoms with Crippen LogP contribution in [-0.4, -0.2) is 33.0 Å². The third-order valence-corrected chi connectivity index (χ3v) is 5.88. The summed E-state index contributed by atoms with van der Waals surface area (Å²) < 4.78 is 32.3. The Bertz CT molecular complexity index is 861. The Kier molecular flexibility index (Phi) is 4.95. The maximum absolute atomic E-state index is 12.4. The molecule has 0 saturated carbocycles. The lowest BCUT2D eigenvalue weighted by atomic mass is 10.2. The number of carbonyl (C=O) groups is 1. The molecule has 0 radical (unpaired) electrons. The number of rotatable bonds is 7. The Hall–Kier alpha value is -1.81. The minimum atomic E-state index is -3.61. The SMILES string of the molecule is COCc1nc(CCNS(=O)(=O)c2ccc3c(c2)CC(=O)N3)cs1. The van der Waals surface area contributed by atoms with Crippen LogP contribution in [-0.2, 0) is 39.0 Å². The number of sulfonamides is 1. The van der Waals surface area contributed by atoms with Crippen molar-refractivity contribution in [3.05, 3.63) is 39.8 Å². The average molecular weight is 367 g/mol. The van der Waals surface area contributed by atoms with E-state index in [1.54, 1.807) is 13.2 Å². The molecule has 0 aliphatic carbocycles. The van der Waals surface area contributed by atoms with Crippen LogP contribution in [0, 0.1) is 0 Å². The Labute approximate surface area is 144 Å². The van der Waals surface area contributed by atoms with Crippen LogP contribution in [0.2, 0.25) is 0 Å². The Morgan fingerprint density at radius 3 is 3.04 bits per heavy atom. The summed E-state index contributed by atoms with van der Waals surface area (Å²) in [6, 6.07) is 4.65. The molecule has 2 N–H and O–H groups in total. The lowest BCUT2D eigenvalue weighted by Crippen LogP contribution is -2.26.